The van der Waals surface area contributed by atoms with Crippen LogP contribution in [0.4, 0.5) is 4.39 Å². The van der Waals surface area contributed by atoms with Gasteiger partial charge in [-0.2, -0.15) is 0 Å². The lowest BCUT2D eigenvalue weighted by atomic mass is 10.1. The fraction of sp³-hybridized carbons (Fsp3) is 0.167. The number of benzene rings is 1. The summed E-state index contributed by atoms with van der Waals surface area (Å²) in [5, 5.41) is 0. The molecule has 0 saturated carbocycles. The van der Waals surface area contributed by atoms with Gasteiger partial charge in [0.1, 0.15) is 0 Å². The molecule has 3 nitrogen and oxygen atoms in total. The van der Waals surface area contributed by atoms with Gasteiger partial charge < -0.3 is 9.14 Å². The Kier molecular flexibility index (Phi) is 3.67. The minimum atomic E-state index is -0.428. The van der Waals surface area contributed by atoms with E-state index >= 15 is 0 Å². The number of aryl methyl sites for hydroxylation is 1. The van der Waals surface area contributed by atoms with Gasteiger partial charge in [0.2, 0.25) is 0 Å². The molecule has 3 aromatic rings. The molecule has 0 fully saturated rings. The molecule has 0 amide bonds. The van der Waals surface area contributed by atoms with Crippen LogP contribution >= 0.6 is 0 Å². The van der Waals surface area contributed by atoms with Gasteiger partial charge in [0.15, 0.2) is 17.9 Å². The first-order valence-corrected chi connectivity index (χ1v) is 7.13. The van der Waals surface area contributed by atoms with Crippen LogP contribution in [0.2, 0.25) is 0 Å². The summed E-state index contributed by atoms with van der Waals surface area (Å²) >= 11 is 0. The van der Waals surface area contributed by atoms with E-state index in [9.17, 15) is 9.18 Å². The molecule has 0 aliphatic rings. The van der Waals surface area contributed by atoms with Crippen molar-refractivity contribution in [2.24, 2.45) is 0 Å². The molecule has 3 rings (SSSR count). The molecule has 0 aliphatic carbocycles. The van der Waals surface area contributed by atoms with E-state index in [1.54, 1.807) is 19.1 Å². The molecule has 0 radical (unpaired) electrons. The van der Waals surface area contributed by atoms with Crippen LogP contribution in [0.3, 0.4) is 0 Å². The highest BCUT2D eigenvalue weighted by Crippen LogP contribution is 2.30. The monoisotopic (exact) mass is 297 g/mol. The standard InChI is InChI=1S/C18H16FNO2/c1-3-22-18-5-4-13(9-16(18)19)15-10-14-8-12(2)6-7-20(14)17(15)11-21/h4-11H,3H2,1-2H3. The summed E-state index contributed by atoms with van der Waals surface area (Å²) in [4.78, 5) is 11.5. The molecule has 4 heteroatoms. The van der Waals surface area contributed by atoms with Crippen molar-refractivity contribution in [3.63, 3.8) is 0 Å². The Morgan fingerprint density at radius 3 is 2.73 bits per heavy atom. The van der Waals surface area contributed by atoms with Crippen LogP contribution in [0, 0.1) is 12.7 Å². The zero-order valence-corrected chi connectivity index (χ0v) is 12.5. The number of hydrogen-bond donors (Lipinski definition) is 0. The molecule has 0 spiro atoms. The first kappa shape index (κ1) is 14.3. The Hall–Kier alpha value is -2.62. The quantitative estimate of drug-likeness (QED) is 0.673. The molecular weight excluding hydrogens is 281 g/mol. The molecule has 0 N–H and O–H groups in total. The van der Waals surface area contributed by atoms with Crippen molar-refractivity contribution in [1.29, 1.82) is 0 Å². The molecule has 0 aliphatic heterocycles. The molecule has 1 aromatic carbocycles. The van der Waals surface area contributed by atoms with Gasteiger partial charge in [-0.15, -0.1) is 0 Å². The van der Waals surface area contributed by atoms with Crippen molar-refractivity contribution in [3.8, 4) is 16.9 Å². The van der Waals surface area contributed by atoms with Crippen LogP contribution in [0.15, 0.2) is 42.6 Å². The summed E-state index contributed by atoms with van der Waals surface area (Å²) in [6, 6.07) is 10.6. The van der Waals surface area contributed by atoms with Crippen LogP contribution in [0.5, 0.6) is 5.75 Å². The second-order valence-electron chi connectivity index (χ2n) is 5.14. The summed E-state index contributed by atoms with van der Waals surface area (Å²) in [6.45, 7) is 4.20. The van der Waals surface area contributed by atoms with E-state index in [1.807, 2.05) is 35.7 Å². The van der Waals surface area contributed by atoms with E-state index < -0.39 is 5.82 Å². The maximum absolute atomic E-state index is 14.1. The van der Waals surface area contributed by atoms with Gasteiger partial charge in [0.05, 0.1) is 12.3 Å². The second kappa shape index (κ2) is 5.64. The van der Waals surface area contributed by atoms with Crippen molar-refractivity contribution in [3.05, 3.63) is 59.7 Å². The molecule has 0 bridgehead atoms. The van der Waals surface area contributed by atoms with Gasteiger partial charge in [-0.25, -0.2) is 4.39 Å². The Morgan fingerprint density at radius 1 is 1.23 bits per heavy atom. The predicted octanol–water partition coefficient (Wildman–Crippen LogP) is 4.27. The smallest absolute Gasteiger partial charge is 0.167 e. The van der Waals surface area contributed by atoms with Crippen molar-refractivity contribution >= 4 is 11.8 Å². The number of carbonyl (C=O) groups excluding carboxylic acids is 1. The summed E-state index contributed by atoms with van der Waals surface area (Å²) in [5.41, 5.74) is 3.89. The lowest BCUT2D eigenvalue weighted by molar-refractivity contribution is 0.111. The summed E-state index contributed by atoms with van der Waals surface area (Å²) in [6.07, 6.45) is 2.65. The first-order chi connectivity index (χ1) is 10.6. The minimum absolute atomic E-state index is 0.221. The van der Waals surface area contributed by atoms with Crippen molar-refractivity contribution in [2.75, 3.05) is 6.61 Å². The number of aromatic nitrogens is 1. The van der Waals surface area contributed by atoms with Gasteiger partial charge >= 0.3 is 0 Å². The number of aldehydes is 1. The van der Waals surface area contributed by atoms with Gasteiger partial charge in [-0.3, -0.25) is 4.79 Å². The van der Waals surface area contributed by atoms with Crippen LogP contribution in [0.1, 0.15) is 23.0 Å². The molecule has 2 heterocycles. The third-order valence-electron chi connectivity index (χ3n) is 3.62. The number of pyridine rings is 1. The summed E-state index contributed by atoms with van der Waals surface area (Å²) in [5.74, 6) is -0.207. The van der Waals surface area contributed by atoms with Crippen LogP contribution < -0.4 is 4.74 Å². The topological polar surface area (TPSA) is 30.7 Å². The highest BCUT2D eigenvalue weighted by molar-refractivity contribution is 5.90. The highest BCUT2D eigenvalue weighted by Gasteiger charge is 2.13. The lowest BCUT2D eigenvalue weighted by Gasteiger charge is -2.06. The molecule has 2 aromatic heterocycles. The fourth-order valence-corrected chi connectivity index (χ4v) is 2.60. The van der Waals surface area contributed by atoms with E-state index in [4.69, 9.17) is 4.74 Å². The SMILES string of the molecule is CCOc1ccc(-c2cc3cc(C)ccn3c2C=O)cc1F. The van der Waals surface area contributed by atoms with E-state index in [2.05, 4.69) is 0 Å². The molecule has 112 valence electrons. The maximum Gasteiger partial charge on any atom is 0.167 e. The number of hydrogen-bond acceptors (Lipinski definition) is 2. The number of carbonyl (C=O) groups is 1. The summed E-state index contributed by atoms with van der Waals surface area (Å²) in [7, 11) is 0. The Balaban J connectivity index is 2.17. The fourth-order valence-electron chi connectivity index (χ4n) is 2.60. The van der Waals surface area contributed by atoms with Gasteiger partial charge in [0, 0.05) is 17.3 Å². The van der Waals surface area contributed by atoms with E-state index in [0.29, 0.717) is 23.4 Å². The molecule has 0 unspecified atom stereocenters. The average Bonchev–Trinajstić information content (AvgIpc) is 2.87. The number of halogens is 1. The van der Waals surface area contributed by atoms with E-state index in [0.717, 1.165) is 17.4 Å². The van der Waals surface area contributed by atoms with Crippen molar-refractivity contribution in [2.45, 2.75) is 13.8 Å². The number of nitrogens with zero attached hydrogens (tertiary/aromatic N) is 1. The second-order valence-corrected chi connectivity index (χ2v) is 5.14. The lowest BCUT2D eigenvalue weighted by Crippen LogP contribution is -1.95. The van der Waals surface area contributed by atoms with Crippen LogP contribution in [0.25, 0.3) is 16.6 Å². The van der Waals surface area contributed by atoms with Crippen LogP contribution in [-0.2, 0) is 0 Å². The minimum Gasteiger partial charge on any atom is -0.491 e. The van der Waals surface area contributed by atoms with Crippen LogP contribution in [-0.4, -0.2) is 17.3 Å². The number of rotatable bonds is 4. The predicted molar refractivity (Wildman–Crippen MR) is 84.1 cm³/mol. The third kappa shape index (κ3) is 2.37. The first-order valence-electron chi connectivity index (χ1n) is 7.13. The van der Waals surface area contributed by atoms with Crippen molar-refractivity contribution in [1.82, 2.24) is 4.40 Å². The van der Waals surface area contributed by atoms with Gasteiger partial charge in [0.25, 0.3) is 0 Å². The molecule has 0 saturated heterocycles. The largest absolute Gasteiger partial charge is 0.491 e. The maximum atomic E-state index is 14.1. The Morgan fingerprint density at radius 2 is 2.05 bits per heavy atom. The van der Waals surface area contributed by atoms with Gasteiger partial charge in [-0.05, 0) is 55.3 Å². The average molecular weight is 297 g/mol. The van der Waals surface area contributed by atoms with Gasteiger partial charge in [-0.1, -0.05) is 6.07 Å². The van der Waals surface area contributed by atoms with Crippen molar-refractivity contribution < 1.29 is 13.9 Å². The third-order valence-corrected chi connectivity index (χ3v) is 3.62. The Labute approximate surface area is 128 Å². The summed E-state index contributed by atoms with van der Waals surface area (Å²) < 4.78 is 21.1. The Bertz CT molecular complexity index is 852. The molecule has 22 heavy (non-hydrogen) atoms. The molecule has 0 atom stereocenters. The number of fused-ring (bicyclic) bond motifs is 1. The normalized spacial score (nSPS) is 10.9. The zero-order valence-electron chi connectivity index (χ0n) is 12.5. The molecular formula is C18H16FNO2. The zero-order chi connectivity index (χ0) is 15.7. The highest BCUT2D eigenvalue weighted by atomic mass is 19.1. The number of ether oxygens (including phenoxy) is 1. The van der Waals surface area contributed by atoms with E-state index in [1.165, 1.54) is 6.07 Å². The van der Waals surface area contributed by atoms with E-state index in [-0.39, 0.29) is 5.75 Å².